The fourth-order valence-corrected chi connectivity index (χ4v) is 0.263. The van der Waals surface area contributed by atoms with Crippen LogP contribution in [0.3, 0.4) is 0 Å². The molecule has 0 saturated heterocycles. The smallest absolute Gasteiger partial charge is 0.237 e. The molecule has 2 nitrogen and oxygen atoms in total. The van der Waals surface area contributed by atoms with Gasteiger partial charge in [0.1, 0.15) is 6.61 Å². The molecule has 0 aliphatic carbocycles. The Bertz CT molecular complexity index is 114. The third-order valence-electron chi connectivity index (χ3n) is 0.442. The van der Waals surface area contributed by atoms with E-state index in [9.17, 15) is 0 Å². The number of hydrogen-bond donors (Lipinski definition) is 1. The third-order valence-corrected chi connectivity index (χ3v) is 0.678. The first-order chi connectivity index (χ1) is 3.81. The minimum absolute atomic E-state index is 0.0537. The lowest BCUT2D eigenvalue weighted by atomic mass is 10.7. The molecule has 0 unspecified atom stereocenters. The van der Waals surface area contributed by atoms with Crippen molar-refractivity contribution in [3.05, 3.63) is 0 Å². The van der Waals surface area contributed by atoms with Crippen molar-refractivity contribution in [3.8, 4) is 12.3 Å². The van der Waals surface area contributed by atoms with Crippen molar-refractivity contribution in [2.45, 2.75) is 0 Å². The first kappa shape index (κ1) is 7.41. The quantitative estimate of drug-likeness (QED) is 0.420. The highest BCUT2D eigenvalue weighted by Crippen LogP contribution is 1.76. The van der Waals surface area contributed by atoms with Crippen molar-refractivity contribution < 1.29 is 9.84 Å². The molecule has 0 amide bonds. The van der Waals surface area contributed by atoms with Crippen LogP contribution in [-0.2, 0) is 4.74 Å². The number of hydrogen-bond acceptors (Lipinski definition) is 3. The fourth-order valence-electron chi connectivity index (χ4n) is 0.180. The van der Waals surface area contributed by atoms with E-state index in [2.05, 4.69) is 22.9 Å². The highest BCUT2D eigenvalue weighted by atomic mass is 32.1. The third kappa shape index (κ3) is 3.59. The summed E-state index contributed by atoms with van der Waals surface area (Å²) < 4.78 is 4.59. The molecule has 44 valence electrons. The van der Waals surface area contributed by atoms with E-state index in [1.165, 1.54) is 0 Å². The van der Waals surface area contributed by atoms with Crippen LogP contribution in [0.1, 0.15) is 0 Å². The molecule has 1 N–H and O–H groups in total. The molecule has 0 aliphatic rings. The number of aliphatic hydroxyl groups is 1. The van der Waals surface area contributed by atoms with Crippen LogP contribution in [0.15, 0.2) is 0 Å². The van der Waals surface area contributed by atoms with Crippen LogP contribution in [0.4, 0.5) is 0 Å². The molecule has 0 bridgehead atoms. The van der Waals surface area contributed by atoms with Crippen LogP contribution in [0.25, 0.3) is 0 Å². The molecule has 0 radical (unpaired) electrons. The van der Waals surface area contributed by atoms with Gasteiger partial charge in [-0.05, 0) is 18.1 Å². The molecule has 0 spiro atoms. The van der Waals surface area contributed by atoms with Gasteiger partial charge in [0.15, 0.2) is 0 Å². The topological polar surface area (TPSA) is 29.5 Å². The van der Waals surface area contributed by atoms with Crippen LogP contribution in [0.2, 0.25) is 0 Å². The largest absolute Gasteiger partial charge is 0.475 e. The molecule has 0 aliphatic heterocycles. The highest BCUT2D eigenvalue weighted by molar-refractivity contribution is 7.80. The van der Waals surface area contributed by atoms with Gasteiger partial charge in [0, 0.05) is 0 Å². The number of thiocarbonyl (C=S) groups is 1. The van der Waals surface area contributed by atoms with Crippen molar-refractivity contribution in [2.75, 3.05) is 13.2 Å². The molecule has 0 saturated carbocycles. The van der Waals surface area contributed by atoms with Gasteiger partial charge in [-0.1, -0.05) is 0 Å². The summed E-state index contributed by atoms with van der Waals surface area (Å²) >= 11 is 4.45. The maximum atomic E-state index is 8.16. The van der Waals surface area contributed by atoms with Gasteiger partial charge in [-0.3, -0.25) is 0 Å². The molecule has 3 heteroatoms. The van der Waals surface area contributed by atoms with E-state index in [4.69, 9.17) is 11.5 Å². The van der Waals surface area contributed by atoms with Crippen LogP contribution in [0.5, 0.6) is 0 Å². The van der Waals surface area contributed by atoms with Crippen LogP contribution in [-0.4, -0.2) is 23.4 Å². The first-order valence-corrected chi connectivity index (χ1v) is 2.46. The molecule has 0 atom stereocenters. The molecule has 8 heavy (non-hydrogen) atoms. The Kier molecular flexibility index (Phi) is 4.23. The van der Waals surface area contributed by atoms with Crippen molar-refractivity contribution in [1.82, 2.24) is 0 Å². The first-order valence-electron chi connectivity index (χ1n) is 2.05. The van der Waals surface area contributed by atoms with Crippen molar-refractivity contribution in [2.24, 2.45) is 0 Å². The Morgan fingerprint density at radius 2 is 2.50 bits per heavy atom. The summed E-state index contributed by atoms with van der Waals surface area (Å²) in [5.74, 6) is 2.10. The lowest BCUT2D eigenvalue weighted by molar-refractivity contribution is 0.199. The number of terminal acetylenes is 1. The van der Waals surface area contributed by atoms with Gasteiger partial charge in [-0.15, -0.1) is 6.42 Å². The van der Waals surface area contributed by atoms with Gasteiger partial charge >= 0.3 is 0 Å². The second-order valence-corrected chi connectivity index (χ2v) is 1.37. The predicted octanol–water partition coefficient (Wildman–Crippen LogP) is -0.0441. The van der Waals surface area contributed by atoms with E-state index in [1.54, 1.807) is 0 Å². The van der Waals surface area contributed by atoms with E-state index in [0.29, 0.717) is 0 Å². The summed E-state index contributed by atoms with van der Waals surface area (Å²) in [5, 5.41) is 8.25. The standard InChI is InChI=1S/C5H6O2S/c1-2-5(8)7-4-3-6/h1,6H,3-4H2. The van der Waals surface area contributed by atoms with Crippen LogP contribution < -0.4 is 0 Å². The maximum Gasteiger partial charge on any atom is 0.237 e. The van der Waals surface area contributed by atoms with Gasteiger partial charge < -0.3 is 9.84 Å². The van der Waals surface area contributed by atoms with E-state index in [1.807, 2.05) is 0 Å². The van der Waals surface area contributed by atoms with Gasteiger partial charge in [0.05, 0.1) is 6.61 Å². The zero-order chi connectivity index (χ0) is 6.41. The summed E-state index contributed by atoms with van der Waals surface area (Å²) in [6, 6.07) is 0. The lowest BCUT2D eigenvalue weighted by Crippen LogP contribution is -2.02. The van der Waals surface area contributed by atoms with Gasteiger partial charge in [0.25, 0.3) is 0 Å². The zero-order valence-corrected chi connectivity index (χ0v) is 5.07. The SMILES string of the molecule is C#CC(=S)OCCO. The predicted molar refractivity (Wildman–Crippen MR) is 34.5 cm³/mol. The Balaban J connectivity index is 3.16. The molecule has 0 fully saturated rings. The Morgan fingerprint density at radius 1 is 1.88 bits per heavy atom. The Hall–Kier alpha value is -0.590. The maximum absolute atomic E-state index is 8.16. The van der Waals surface area contributed by atoms with Crippen molar-refractivity contribution in [3.63, 3.8) is 0 Å². The highest BCUT2D eigenvalue weighted by Gasteiger charge is 1.86. The summed E-state index contributed by atoms with van der Waals surface area (Å²) in [7, 11) is 0. The molecule has 0 aromatic rings. The Labute approximate surface area is 53.5 Å². The molecule has 0 rings (SSSR count). The Morgan fingerprint density at radius 3 is 2.88 bits per heavy atom. The second kappa shape index (κ2) is 4.57. The summed E-state index contributed by atoms with van der Waals surface area (Å²) in [4.78, 5) is 0. The average molecular weight is 130 g/mol. The number of rotatable bonds is 2. The molecular formula is C5H6O2S. The minimum atomic E-state index is -0.0537. The van der Waals surface area contributed by atoms with Crippen LogP contribution in [0, 0.1) is 12.3 Å². The molecular weight excluding hydrogens is 124 g/mol. The summed E-state index contributed by atoms with van der Waals surface area (Å²) in [5.41, 5.74) is 0. The van der Waals surface area contributed by atoms with Crippen molar-refractivity contribution in [1.29, 1.82) is 0 Å². The monoisotopic (exact) mass is 130 g/mol. The van der Waals surface area contributed by atoms with E-state index < -0.39 is 0 Å². The number of ether oxygens (including phenoxy) is 1. The second-order valence-electron chi connectivity index (χ2n) is 1.00. The van der Waals surface area contributed by atoms with Gasteiger partial charge in [-0.25, -0.2) is 0 Å². The zero-order valence-electron chi connectivity index (χ0n) is 4.26. The van der Waals surface area contributed by atoms with Gasteiger partial charge in [-0.2, -0.15) is 0 Å². The fraction of sp³-hybridized carbons (Fsp3) is 0.400. The summed E-state index contributed by atoms with van der Waals surface area (Å²) in [6.45, 7) is 0.130. The van der Waals surface area contributed by atoms with E-state index in [-0.39, 0.29) is 18.3 Å². The summed E-state index contributed by atoms with van der Waals surface area (Å²) in [6.07, 6.45) is 4.81. The minimum Gasteiger partial charge on any atom is -0.475 e. The lowest BCUT2D eigenvalue weighted by Gasteiger charge is -1.95. The van der Waals surface area contributed by atoms with Gasteiger partial charge in [0.2, 0.25) is 5.05 Å². The van der Waals surface area contributed by atoms with E-state index >= 15 is 0 Å². The molecule has 0 aromatic heterocycles. The molecule has 0 heterocycles. The van der Waals surface area contributed by atoms with Crippen molar-refractivity contribution >= 4 is 17.3 Å². The number of aliphatic hydroxyl groups excluding tert-OH is 1. The normalized spacial score (nSPS) is 7.50. The molecule has 0 aromatic carbocycles. The van der Waals surface area contributed by atoms with E-state index in [0.717, 1.165) is 0 Å². The average Bonchev–Trinajstić information content (AvgIpc) is 1.83. The van der Waals surface area contributed by atoms with Crippen LogP contribution >= 0.6 is 12.2 Å².